The van der Waals surface area contributed by atoms with Crippen LogP contribution in [0.3, 0.4) is 0 Å². The van der Waals surface area contributed by atoms with Crippen molar-refractivity contribution >= 4 is 11.3 Å². The molecule has 33 heavy (non-hydrogen) atoms. The quantitative estimate of drug-likeness (QED) is 0.413. The van der Waals surface area contributed by atoms with Gasteiger partial charge < -0.3 is 10.1 Å². The molecule has 1 aliphatic rings. The summed E-state index contributed by atoms with van der Waals surface area (Å²) in [5, 5.41) is 6.69. The van der Waals surface area contributed by atoms with Crippen LogP contribution in [0.1, 0.15) is 5.69 Å². The Kier molecular flexibility index (Phi) is 4.50. The molecule has 6 nitrogen and oxygen atoms in total. The Hall–Kier alpha value is -4.32. The molecular formula is C27H22N4O2. The first-order chi connectivity index (χ1) is 16.2. The largest absolute Gasteiger partial charge is 0.490 e. The van der Waals surface area contributed by atoms with Gasteiger partial charge in [0.15, 0.2) is 5.65 Å². The average molecular weight is 434 g/mol. The third-order valence-corrected chi connectivity index (χ3v) is 6.03. The Bertz CT molecular complexity index is 1540. The molecule has 0 atom stereocenters. The standard InChI is InChI=1S/C27H22N4O2/c1-17-23(20-12-13-22-21(16-20)28-14-15-33-22)27(32)31-26(29-17)24(18-8-4-2-5-9-18)25(30-31)19-10-6-3-7-11-19/h2-13,16,28,30H,14-15H2,1H3. The number of aromatic amines is 1. The molecule has 0 aliphatic carbocycles. The lowest BCUT2D eigenvalue weighted by Gasteiger charge is -2.19. The first-order valence-electron chi connectivity index (χ1n) is 11.0. The number of aromatic nitrogens is 3. The molecule has 6 heteroatoms. The molecule has 2 N–H and O–H groups in total. The van der Waals surface area contributed by atoms with Crippen molar-refractivity contribution in [3.63, 3.8) is 0 Å². The maximum atomic E-state index is 13.8. The van der Waals surface area contributed by atoms with Crippen molar-refractivity contribution in [1.29, 1.82) is 0 Å². The van der Waals surface area contributed by atoms with Crippen molar-refractivity contribution in [2.24, 2.45) is 0 Å². The van der Waals surface area contributed by atoms with Crippen molar-refractivity contribution in [3.8, 4) is 39.3 Å². The molecule has 3 heterocycles. The Balaban J connectivity index is 1.63. The number of benzene rings is 3. The summed E-state index contributed by atoms with van der Waals surface area (Å²) in [4.78, 5) is 18.7. The van der Waals surface area contributed by atoms with Gasteiger partial charge in [-0.25, -0.2) is 4.98 Å². The molecule has 0 fully saturated rings. The van der Waals surface area contributed by atoms with E-state index in [1.54, 1.807) is 4.52 Å². The summed E-state index contributed by atoms with van der Waals surface area (Å²) in [7, 11) is 0. The van der Waals surface area contributed by atoms with Gasteiger partial charge in [-0.1, -0.05) is 66.7 Å². The van der Waals surface area contributed by atoms with Crippen LogP contribution in [0.25, 0.3) is 39.2 Å². The lowest BCUT2D eigenvalue weighted by molar-refractivity contribution is 0.323. The first-order valence-corrected chi connectivity index (χ1v) is 11.0. The van der Waals surface area contributed by atoms with Crippen LogP contribution in [0.5, 0.6) is 5.75 Å². The number of hydrogen-bond donors (Lipinski definition) is 2. The predicted octanol–water partition coefficient (Wildman–Crippen LogP) is 5.14. The highest BCUT2D eigenvalue weighted by atomic mass is 16.5. The number of H-pyrrole nitrogens is 1. The Labute approximate surface area is 190 Å². The number of nitrogens with one attached hydrogen (secondary N) is 2. The molecule has 0 saturated carbocycles. The fraction of sp³-hybridized carbons (Fsp3) is 0.111. The van der Waals surface area contributed by atoms with E-state index in [1.165, 1.54) is 0 Å². The van der Waals surface area contributed by atoms with Crippen LogP contribution in [0, 0.1) is 6.92 Å². The number of hydrogen-bond acceptors (Lipinski definition) is 4. The lowest BCUT2D eigenvalue weighted by Crippen LogP contribution is -2.20. The van der Waals surface area contributed by atoms with Crippen LogP contribution in [0.15, 0.2) is 83.7 Å². The third kappa shape index (κ3) is 3.19. The monoisotopic (exact) mass is 434 g/mol. The van der Waals surface area contributed by atoms with E-state index >= 15 is 0 Å². The summed E-state index contributed by atoms with van der Waals surface area (Å²) >= 11 is 0. The average Bonchev–Trinajstić information content (AvgIpc) is 3.24. The molecule has 1 aliphatic heterocycles. The normalized spacial score (nSPS) is 12.8. The number of ether oxygens (including phenoxy) is 1. The topological polar surface area (TPSA) is 71.4 Å². The Morgan fingerprint density at radius 2 is 1.61 bits per heavy atom. The number of rotatable bonds is 3. The van der Waals surface area contributed by atoms with Gasteiger partial charge in [0.25, 0.3) is 5.56 Å². The maximum Gasteiger partial charge on any atom is 0.280 e. The highest BCUT2D eigenvalue weighted by Crippen LogP contribution is 2.36. The zero-order chi connectivity index (χ0) is 22.4. The smallest absolute Gasteiger partial charge is 0.280 e. The fourth-order valence-corrected chi connectivity index (χ4v) is 4.50. The van der Waals surface area contributed by atoms with Crippen molar-refractivity contribution < 1.29 is 4.74 Å². The van der Waals surface area contributed by atoms with Crippen molar-refractivity contribution in [2.75, 3.05) is 18.5 Å². The van der Waals surface area contributed by atoms with E-state index in [0.717, 1.165) is 45.9 Å². The van der Waals surface area contributed by atoms with Gasteiger partial charge in [0.1, 0.15) is 12.4 Å². The highest BCUT2D eigenvalue weighted by molar-refractivity contribution is 5.91. The molecule has 0 spiro atoms. The third-order valence-electron chi connectivity index (χ3n) is 6.03. The Morgan fingerprint density at radius 3 is 2.36 bits per heavy atom. The number of fused-ring (bicyclic) bond motifs is 2. The summed E-state index contributed by atoms with van der Waals surface area (Å²) in [6, 6.07) is 25.9. The Morgan fingerprint density at radius 1 is 0.879 bits per heavy atom. The van der Waals surface area contributed by atoms with Crippen LogP contribution in [0.4, 0.5) is 5.69 Å². The van der Waals surface area contributed by atoms with Crippen LogP contribution >= 0.6 is 0 Å². The van der Waals surface area contributed by atoms with E-state index in [9.17, 15) is 4.79 Å². The minimum absolute atomic E-state index is 0.131. The summed E-state index contributed by atoms with van der Waals surface area (Å²) < 4.78 is 7.26. The summed E-state index contributed by atoms with van der Waals surface area (Å²) in [6.45, 7) is 3.27. The van der Waals surface area contributed by atoms with Crippen molar-refractivity contribution in [2.45, 2.75) is 6.92 Å². The minimum atomic E-state index is -0.131. The molecule has 6 rings (SSSR count). The van der Waals surface area contributed by atoms with Crippen molar-refractivity contribution in [1.82, 2.24) is 14.6 Å². The first kappa shape index (κ1) is 19.4. The summed E-state index contributed by atoms with van der Waals surface area (Å²) in [5.41, 5.74) is 7.23. The van der Waals surface area contributed by atoms with Gasteiger partial charge in [0.05, 0.1) is 28.2 Å². The lowest BCUT2D eigenvalue weighted by atomic mass is 10.0. The second-order valence-electron chi connectivity index (χ2n) is 8.12. The van der Waals surface area contributed by atoms with E-state index in [1.807, 2.05) is 85.8 Å². The molecule has 162 valence electrons. The van der Waals surface area contributed by atoms with Crippen LogP contribution in [0.2, 0.25) is 0 Å². The molecule has 3 aromatic carbocycles. The fourth-order valence-electron chi connectivity index (χ4n) is 4.50. The van der Waals surface area contributed by atoms with Gasteiger partial charge in [0, 0.05) is 12.1 Å². The van der Waals surface area contributed by atoms with Gasteiger partial charge in [-0.15, -0.1) is 0 Å². The molecule has 2 aromatic heterocycles. The zero-order valence-electron chi connectivity index (χ0n) is 18.1. The SMILES string of the molecule is Cc1nc2c(-c3ccccc3)c(-c3ccccc3)[nH]n2c(=O)c1-c1ccc2c(c1)NCCO2. The van der Waals surface area contributed by atoms with Gasteiger partial charge in [-0.2, -0.15) is 4.52 Å². The maximum absolute atomic E-state index is 13.8. The molecule has 0 saturated heterocycles. The van der Waals surface area contributed by atoms with E-state index in [0.29, 0.717) is 23.5 Å². The number of aryl methyl sites for hydroxylation is 1. The van der Waals surface area contributed by atoms with E-state index in [2.05, 4.69) is 10.4 Å². The second kappa shape index (κ2) is 7.67. The molecule has 0 amide bonds. The van der Waals surface area contributed by atoms with Gasteiger partial charge in [-0.05, 0) is 30.2 Å². The molecule has 0 unspecified atom stereocenters. The van der Waals surface area contributed by atoms with Crippen LogP contribution in [-0.2, 0) is 0 Å². The summed E-state index contributed by atoms with van der Waals surface area (Å²) in [6.07, 6.45) is 0. The number of nitrogens with zero attached hydrogens (tertiary/aromatic N) is 2. The van der Waals surface area contributed by atoms with E-state index in [4.69, 9.17) is 9.72 Å². The molecule has 0 bridgehead atoms. The second-order valence-corrected chi connectivity index (χ2v) is 8.12. The van der Waals surface area contributed by atoms with Crippen molar-refractivity contribution in [3.05, 3.63) is 94.9 Å². The van der Waals surface area contributed by atoms with Gasteiger partial charge in [0.2, 0.25) is 0 Å². The molecule has 0 radical (unpaired) electrons. The predicted molar refractivity (Wildman–Crippen MR) is 131 cm³/mol. The minimum Gasteiger partial charge on any atom is -0.490 e. The van der Waals surface area contributed by atoms with Gasteiger partial charge in [-0.3, -0.25) is 9.89 Å². The molecule has 5 aromatic rings. The van der Waals surface area contributed by atoms with Crippen LogP contribution < -0.4 is 15.6 Å². The van der Waals surface area contributed by atoms with Gasteiger partial charge >= 0.3 is 0 Å². The highest BCUT2D eigenvalue weighted by Gasteiger charge is 2.22. The van der Waals surface area contributed by atoms with Crippen LogP contribution in [-0.4, -0.2) is 27.7 Å². The van der Waals surface area contributed by atoms with E-state index in [-0.39, 0.29) is 5.56 Å². The molecular weight excluding hydrogens is 412 g/mol. The summed E-state index contributed by atoms with van der Waals surface area (Å²) in [5.74, 6) is 0.800. The zero-order valence-corrected chi connectivity index (χ0v) is 18.1. The number of anilines is 1. The van der Waals surface area contributed by atoms with E-state index < -0.39 is 0 Å².